The predicted octanol–water partition coefficient (Wildman–Crippen LogP) is 1.07. The fourth-order valence-corrected chi connectivity index (χ4v) is 5.46. The third-order valence-electron chi connectivity index (χ3n) is 6.75. The van der Waals surface area contributed by atoms with Gasteiger partial charge in [-0.05, 0) is 55.5 Å². The van der Waals surface area contributed by atoms with Crippen LogP contribution in [0.2, 0.25) is 0 Å². The van der Waals surface area contributed by atoms with Crippen molar-refractivity contribution in [3.63, 3.8) is 0 Å². The summed E-state index contributed by atoms with van der Waals surface area (Å²) in [5.41, 5.74) is 4.23. The number of carbonyl (C=O) groups is 4. The van der Waals surface area contributed by atoms with Crippen LogP contribution in [0.15, 0.2) is 0 Å². The SMILES string of the molecule is [B][B]c1c(C)c(C(C)(C)c2c(C)c(C)c3c(c2C)C(=O)OC3=O)c([B])c2c1C(=O)OC2=O. The lowest BCUT2D eigenvalue weighted by atomic mass is 9.47. The lowest BCUT2D eigenvalue weighted by Gasteiger charge is -2.35. The maximum atomic E-state index is 12.5. The second-order valence-electron chi connectivity index (χ2n) is 8.72. The molecule has 2 heterocycles. The molecule has 2 aliphatic rings. The van der Waals surface area contributed by atoms with E-state index in [0.717, 1.165) is 11.1 Å². The quantitative estimate of drug-likeness (QED) is 0.418. The van der Waals surface area contributed by atoms with Gasteiger partial charge in [-0.3, -0.25) is 0 Å². The van der Waals surface area contributed by atoms with Crippen LogP contribution in [0.25, 0.3) is 0 Å². The number of hydrogen-bond acceptors (Lipinski definition) is 6. The molecule has 2 aromatic carbocycles. The van der Waals surface area contributed by atoms with E-state index >= 15 is 0 Å². The Bertz CT molecular complexity index is 1310. The van der Waals surface area contributed by atoms with E-state index < -0.39 is 29.3 Å². The fraction of sp³-hybridized carbons (Fsp3) is 0.304. The summed E-state index contributed by atoms with van der Waals surface area (Å²) >= 11 is 0. The molecule has 0 aliphatic carbocycles. The van der Waals surface area contributed by atoms with Crippen molar-refractivity contribution in [2.24, 2.45) is 0 Å². The number of esters is 4. The molecule has 0 atom stereocenters. The molecular formula is C23H18B3O6. The second-order valence-corrected chi connectivity index (χ2v) is 8.72. The average Bonchev–Trinajstić information content (AvgIpc) is 3.15. The summed E-state index contributed by atoms with van der Waals surface area (Å²) in [6.45, 7) is 11.0. The van der Waals surface area contributed by atoms with Gasteiger partial charge in [0, 0.05) is 13.2 Å². The van der Waals surface area contributed by atoms with Crippen LogP contribution in [0.5, 0.6) is 0 Å². The first-order valence-corrected chi connectivity index (χ1v) is 10.0. The first-order chi connectivity index (χ1) is 14.9. The number of fused-ring (bicyclic) bond motifs is 2. The van der Waals surface area contributed by atoms with Crippen LogP contribution in [0, 0.1) is 27.7 Å². The van der Waals surface area contributed by atoms with Crippen LogP contribution in [-0.2, 0) is 14.9 Å². The number of cyclic esters (lactones) is 4. The van der Waals surface area contributed by atoms with Gasteiger partial charge in [-0.2, -0.15) is 0 Å². The summed E-state index contributed by atoms with van der Waals surface area (Å²) in [6.07, 6.45) is 0. The van der Waals surface area contributed by atoms with E-state index in [9.17, 15) is 19.2 Å². The first-order valence-electron chi connectivity index (χ1n) is 10.0. The third-order valence-corrected chi connectivity index (χ3v) is 6.75. The van der Waals surface area contributed by atoms with Crippen LogP contribution < -0.4 is 10.9 Å². The normalized spacial score (nSPS) is 14.9. The Hall–Kier alpha value is -3.09. The number of rotatable bonds is 3. The van der Waals surface area contributed by atoms with E-state index in [2.05, 4.69) is 0 Å². The molecule has 2 aliphatic heterocycles. The second kappa shape index (κ2) is 6.96. The monoisotopic (exact) mass is 423 g/mol. The van der Waals surface area contributed by atoms with Crippen molar-refractivity contribution in [2.45, 2.75) is 47.0 Å². The fourth-order valence-electron chi connectivity index (χ4n) is 5.46. The zero-order valence-electron chi connectivity index (χ0n) is 18.7. The minimum absolute atomic E-state index is 0.0110. The number of ether oxygens (including phenoxy) is 2. The zero-order valence-corrected chi connectivity index (χ0v) is 18.7. The third kappa shape index (κ3) is 2.63. The molecule has 0 saturated carbocycles. The van der Waals surface area contributed by atoms with Gasteiger partial charge >= 0.3 is 23.9 Å². The molecule has 5 radical (unpaired) electrons. The summed E-state index contributed by atoms with van der Waals surface area (Å²) in [4.78, 5) is 49.4. The summed E-state index contributed by atoms with van der Waals surface area (Å²) in [7, 11) is 13.6. The smallest absolute Gasteiger partial charge is 0.347 e. The number of hydrogen-bond donors (Lipinski definition) is 0. The molecule has 9 heteroatoms. The van der Waals surface area contributed by atoms with E-state index in [-0.39, 0.29) is 27.7 Å². The number of benzene rings is 2. The summed E-state index contributed by atoms with van der Waals surface area (Å²) in [5, 5.41) is 0. The lowest BCUT2D eigenvalue weighted by molar-refractivity contribution is 0.0426. The predicted molar refractivity (Wildman–Crippen MR) is 120 cm³/mol. The van der Waals surface area contributed by atoms with Crippen molar-refractivity contribution >= 4 is 57.6 Å². The lowest BCUT2D eigenvalue weighted by Crippen LogP contribution is -2.39. The van der Waals surface area contributed by atoms with Gasteiger partial charge < -0.3 is 9.47 Å². The van der Waals surface area contributed by atoms with E-state index in [0.29, 0.717) is 27.7 Å². The van der Waals surface area contributed by atoms with Crippen LogP contribution in [0.1, 0.15) is 88.7 Å². The Labute approximate surface area is 189 Å². The highest BCUT2D eigenvalue weighted by Crippen LogP contribution is 2.42. The molecule has 0 spiro atoms. The topological polar surface area (TPSA) is 86.7 Å². The van der Waals surface area contributed by atoms with E-state index in [4.69, 9.17) is 25.1 Å². The molecule has 6 nitrogen and oxygen atoms in total. The van der Waals surface area contributed by atoms with E-state index in [1.165, 1.54) is 7.17 Å². The van der Waals surface area contributed by atoms with Crippen molar-refractivity contribution in [2.75, 3.05) is 0 Å². The van der Waals surface area contributed by atoms with Gasteiger partial charge in [-0.25, -0.2) is 19.2 Å². The zero-order chi connectivity index (χ0) is 23.9. The molecule has 0 unspecified atom stereocenters. The molecule has 0 N–H and O–H groups in total. The van der Waals surface area contributed by atoms with Crippen LogP contribution in [0.4, 0.5) is 0 Å². The van der Waals surface area contributed by atoms with Crippen molar-refractivity contribution in [3.05, 3.63) is 55.6 Å². The summed E-state index contributed by atoms with van der Waals surface area (Å²) in [5.74, 6) is -2.96. The molecule has 0 aromatic heterocycles. The Balaban J connectivity index is 2.11. The molecule has 0 fully saturated rings. The molecule has 0 bridgehead atoms. The van der Waals surface area contributed by atoms with Gasteiger partial charge in [0.25, 0.3) is 0 Å². The summed E-state index contributed by atoms with van der Waals surface area (Å²) in [6, 6.07) is 0. The highest BCUT2D eigenvalue weighted by atomic mass is 16.6. The Kier molecular flexibility index (Phi) is 4.81. The largest absolute Gasteiger partial charge is 0.386 e. The van der Waals surface area contributed by atoms with Crippen LogP contribution in [-0.4, -0.2) is 46.6 Å². The van der Waals surface area contributed by atoms with Gasteiger partial charge in [0.1, 0.15) is 7.85 Å². The van der Waals surface area contributed by atoms with Gasteiger partial charge in [0.15, 0.2) is 0 Å². The number of carbonyl (C=O) groups excluding carboxylic acids is 4. The standard InChI is InChI=1S/C23H18B3O6/c1-7-8(2)15(9(3)12-11(7)19(27)31-20(12)28)23(5,6)16-10(4)18(26-25)14-13(17(16)24)21(29)32-22(14)30/h1-6H3. The highest BCUT2D eigenvalue weighted by Gasteiger charge is 2.42. The minimum Gasteiger partial charge on any atom is -0.386 e. The van der Waals surface area contributed by atoms with E-state index in [1.54, 1.807) is 20.8 Å². The molecule has 32 heavy (non-hydrogen) atoms. The molecule has 155 valence electrons. The van der Waals surface area contributed by atoms with Crippen molar-refractivity contribution in [3.8, 4) is 0 Å². The minimum atomic E-state index is -0.841. The van der Waals surface area contributed by atoms with Gasteiger partial charge in [0.05, 0.1) is 29.4 Å². The highest BCUT2D eigenvalue weighted by molar-refractivity contribution is 6.98. The molecular weight excluding hydrogens is 405 g/mol. The van der Waals surface area contributed by atoms with Crippen molar-refractivity contribution in [1.82, 2.24) is 0 Å². The molecule has 4 rings (SSSR count). The molecule has 0 saturated heterocycles. The maximum absolute atomic E-state index is 12.5. The first kappa shape index (κ1) is 22.1. The maximum Gasteiger partial charge on any atom is 0.347 e. The van der Waals surface area contributed by atoms with Crippen molar-refractivity contribution in [1.29, 1.82) is 0 Å². The summed E-state index contributed by atoms with van der Waals surface area (Å²) < 4.78 is 9.67. The van der Waals surface area contributed by atoms with Gasteiger partial charge in [-0.15, -0.1) is 0 Å². The Morgan fingerprint density at radius 2 is 1.12 bits per heavy atom. The molecule has 2 aromatic rings. The van der Waals surface area contributed by atoms with Gasteiger partial charge in [-0.1, -0.05) is 30.3 Å². The molecule has 0 amide bonds. The van der Waals surface area contributed by atoms with Crippen LogP contribution >= 0.6 is 0 Å². The Morgan fingerprint density at radius 3 is 1.66 bits per heavy atom. The van der Waals surface area contributed by atoms with Crippen molar-refractivity contribution < 1.29 is 28.7 Å². The van der Waals surface area contributed by atoms with E-state index in [1.807, 2.05) is 20.8 Å². The Morgan fingerprint density at radius 1 is 0.656 bits per heavy atom. The average molecular weight is 423 g/mol. The van der Waals surface area contributed by atoms with Crippen LogP contribution in [0.3, 0.4) is 0 Å². The van der Waals surface area contributed by atoms with Gasteiger partial charge in [0.2, 0.25) is 0 Å².